The summed E-state index contributed by atoms with van der Waals surface area (Å²) in [6.45, 7) is 2.12. The normalized spacial score (nSPS) is 16.9. The third kappa shape index (κ3) is 4.59. The van der Waals surface area contributed by atoms with Crippen LogP contribution in [0, 0.1) is 5.92 Å². The van der Waals surface area contributed by atoms with E-state index in [1.165, 1.54) is 12.8 Å². The lowest BCUT2D eigenvalue weighted by atomic mass is 9.97. The average Bonchev–Trinajstić information content (AvgIpc) is 2.70. The van der Waals surface area contributed by atoms with Gasteiger partial charge in [-0.3, -0.25) is 9.59 Å². The molecule has 1 aliphatic rings. The average molecular weight is 210 g/mol. The number of carbonyl (C=O) groups is 2. The summed E-state index contributed by atoms with van der Waals surface area (Å²) in [5, 5.41) is 0. The Bertz CT molecular complexity index is 215. The van der Waals surface area contributed by atoms with Crippen LogP contribution in [0.25, 0.3) is 0 Å². The minimum atomic E-state index is 0.153. The second kappa shape index (κ2) is 6.76. The Morgan fingerprint density at radius 2 is 1.80 bits per heavy atom. The van der Waals surface area contributed by atoms with Crippen molar-refractivity contribution in [1.29, 1.82) is 0 Å². The number of carbonyl (C=O) groups excluding carboxylic acids is 2. The lowest BCUT2D eigenvalue weighted by molar-refractivity contribution is -0.129. The number of ketones is 2. The second-order valence-electron chi connectivity index (χ2n) is 4.62. The summed E-state index contributed by atoms with van der Waals surface area (Å²) in [5.41, 5.74) is 0. The standard InChI is InChI=1S/C13H22O2/c1-2-3-4-9-12(14)10-13(15)11-7-5-6-8-11/h11H,2-10H2,1H3. The first-order valence-corrected chi connectivity index (χ1v) is 6.28. The summed E-state index contributed by atoms with van der Waals surface area (Å²) >= 11 is 0. The van der Waals surface area contributed by atoms with Crippen LogP contribution in [0.15, 0.2) is 0 Å². The Kier molecular flexibility index (Phi) is 5.59. The van der Waals surface area contributed by atoms with Crippen molar-refractivity contribution >= 4 is 11.6 Å². The molecule has 0 amide bonds. The molecule has 2 heteroatoms. The molecule has 86 valence electrons. The van der Waals surface area contributed by atoms with Crippen LogP contribution >= 0.6 is 0 Å². The maximum absolute atomic E-state index is 11.7. The molecular weight excluding hydrogens is 188 g/mol. The Labute approximate surface area is 92.4 Å². The highest BCUT2D eigenvalue weighted by molar-refractivity contribution is 6.00. The van der Waals surface area contributed by atoms with Crippen molar-refractivity contribution in [2.24, 2.45) is 5.92 Å². The molecule has 0 aromatic rings. The maximum atomic E-state index is 11.7. The fourth-order valence-corrected chi connectivity index (χ4v) is 2.25. The van der Waals surface area contributed by atoms with Crippen LogP contribution in [-0.4, -0.2) is 11.6 Å². The zero-order valence-electron chi connectivity index (χ0n) is 9.76. The lowest BCUT2D eigenvalue weighted by Gasteiger charge is -2.06. The van der Waals surface area contributed by atoms with Crippen molar-refractivity contribution in [2.45, 2.75) is 64.7 Å². The smallest absolute Gasteiger partial charge is 0.143 e. The monoisotopic (exact) mass is 210 g/mol. The van der Waals surface area contributed by atoms with E-state index in [9.17, 15) is 9.59 Å². The van der Waals surface area contributed by atoms with E-state index in [2.05, 4.69) is 6.92 Å². The molecular formula is C13H22O2. The minimum absolute atomic E-state index is 0.153. The van der Waals surface area contributed by atoms with Crippen molar-refractivity contribution in [3.05, 3.63) is 0 Å². The van der Waals surface area contributed by atoms with Crippen molar-refractivity contribution in [3.8, 4) is 0 Å². The zero-order valence-corrected chi connectivity index (χ0v) is 9.76. The first-order valence-electron chi connectivity index (χ1n) is 6.28. The quantitative estimate of drug-likeness (QED) is 0.477. The topological polar surface area (TPSA) is 34.1 Å². The summed E-state index contributed by atoms with van der Waals surface area (Å²) in [4.78, 5) is 23.1. The van der Waals surface area contributed by atoms with Crippen LogP contribution in [-0.2, 0) is 9.59 Å². The van der Waals surface area contributed by atoms with Gasteiger partial charge < -0.3 is 0 Å². The molecule has 0 aromatic heterocycles. The van der Waals surface area contributed by atoms with Gasteiger partial charge in [-0.2, -0.15) is 0 Å². The third-order valence-corrected chi connectivity index (χ3v) is 3.24. The molecule has 0 unspecified atom stereocenters. The molecule has 15 heavy (non-hydrogen) atoms. The van der Waals surface area contributed by atoms with Crippen molar-refractivity contribution in [3.63, 3.8) is 0 Å². The molecule has 0 N–H and O–H groups in total. The molecule has 0 aliphatic heterocycles. The first kappa shape index (κ1) is 12.4. The van der Waals surface area contributed by atoms with Gasteiger partial charge in [0.25, 0.3) is 0 Å². The molecule has 0 atom stereocenters. The zero-order chi connectivity index (χ0) is 11.1. The number of Topliss-reactive ketones (excluding diaryl/α,β-unsaturated/α-hetero) is 2. The predicted molar refractivity (Wildman–Crippen MR) is 60.7 cm³/mol. The molecule has 2 nitrogen and oxygen atoms in total. The molecule has 1 aliphatic carbocycles. The largest absolute Gasteiger partial charge is 0.299 e. The van der Waals surface area contributed by atoms with E-state index in [0.717, 1.165) is 32.1 Å². The van der Waals surface area contributed by atoms with E-state index in [1.54, 1.807) is 0 Å². The van der Waals surface area contributed by atoms with Gasteiger partial charge in [0.2, 0.25) is 0 Å². The highest BCUT2D eigenvalue weighted by Gasteiger charge is 2.23. The molecule has 1 saturated carbocycles. The molecule has 1 rings (SSSR count). The Balaban J connectivity index is 2.16. The van der Waals surface area contributed by atoms with Crippen LogP contribution < -0.4 is 0 Å². The number of hydrogen-bond acceptors (Lipinski definition) is 2. The Hall–Kier alpha value is -0.660. The predicted octanol–water partition coefficient (Wildman–Crippen LogP) is 3.29. The van der Waals surface area contributed by atoms with Crippen LogP contribution in [0.3, 0.4) is 0 Å². The summed E-state index contributed by atoms with van der Waals surface area (Å²) in [5.74, 6) is 0.564. The molecule has 0 spiro atoms. The van der Waals surface area contributed by atoms with Crippen molar-refractivity contribution < 1.29 is 9.59 Å². The fourth-order valence-electron chi connectivity index (χ4n) is 2.25. The fraction of sp³-hybridized carbons (Fsp3) is 0.846. The van der Waals surface area contributed by atoms with Gasteiger partial charge in [-0.05, 0) is 19.3 Å². The number of hydrogen-bond donors (Lipinski definition) is 0. The van der Waals surface area contributed by atoms with E-state index in [1.807, 2.05) is 0 Å². The maximum Gasteiger partial charge on any atom is 0.143 e. The van der Waals surface area contributed by atoms with Crippen LogP contribution in [0.2, 0.25) is 0 Å². The van der Waals surface area contributed by atoms with Gasteiger partial charge in [-0.15, -0.1) is 0 Å². The first-order chi connectivity index (χ1) is 7.24. The van der Waals surface area contributed by atoms with E-state index in [4.69, 9.17) is 0 Å². The molecule has 1 fully saturated rings. The van der Waals surface area contributed by atoms with Crippen LogP contribution in [0.4, 0.5) is 0 Å². The van der Waals surface area contributed by atoms with E-state index in [-0.39, 0.29) is 23.9 Å². The third-order valence-electron chi connectivity index (χ3n) is 3.24. The second-order valence-corrected chi connectivity index (χ2v) is 4.62. The minimum Gasteiger partial charge on any atom is -0.299 e. The van der Waals surface area contributed by atoms with Gasteiger partial charge in [0.1, 0.15) is 11.6 Å². The lowest BCUT2D eigenvalue weighted by Crippen LogP contribution is -2.15. The van der Waals surface area contributed by atoms with E-state index < -0.39 is 0 Å². The Morgan fingerprint density at radius 1 is 1.13 bits per heavy atom. The SMILES string of the molecule is CCCCCC(=O)CC(=O)C1CCCC1. The summed E-state index contributed by atoms with van der Waals surface area (Å²) in [7, 11) is 0. The van der Waals surface area contributed by atoms with E-state index >= 15 is 0 Å². The Morgan fingerprint density at radius 3 is 2.40 bits per heavy atom. The molecule has 0 saturated heterocycles. The molecule has 0 aromatic carbocycles. The van der Waals surface area contributed by atoms with Gasteiger partial charge in [0.15, 0.2) is 0 Å². The summed E-state index contributed by atoms with van der Waals surface area (Å²) in [6, 6.07) is 0. The van der Waals surface area contributed by atoms with Crippen molar-refractivity contribution in [1.82, 2.24) is 0 Å². The van der Waals surface area contributed by atoms with Gasteiger partial charge in [-0.1, -0.05) is 32.6 Å². The van der Waals surface area contributed by atoms with Crippen LogP contribution in [0.5, 0.6) is 0 Å². The summed E-state index contributed by atoms with van der Waals surface area (Å²) < 4.78 is 0. The molecule has 0 bridgehead atoms. The van der Waals surface area contributed by atoms with Gasteiger partial charge >= 0.3 is 0 Å². The van der Waals surface area contributed by atoms with Gasteiger partial charge in [-0.25, -0.2) is 0 Å². The summed E-state index contributed by atoms with van der Waals surface area (Å²) in [6.07, 6.45) is 8.35. The molecule has 0 radical (unpaired) electrons. The highest BCUT2D eigenvalue weighted by atomic mass is 16.1. The van der Waals surface area contributed by atoms with Crippen LogP contribution in [0.1, 0.15) is 64.7 Å². The number of rotatable bonds is 7. The highest BCUT2D eigenvalue weighted by Crippen LogP contribution is 2.26. The van der Waals surface area contributed by atoms with Crippen molar-refractivity contribution in [2.75, 3.05) is 0 Å². The van der Waals surface area contributed by atoms with E-state index in [0.29, 0.717) is 6.42 Å². The number of unbranched alkanes of at least 4 members (excludes halogenated alkanes) is 2. The van der Waals surface area contributed by atoms with Gasteiger partial charge in [0.05, 0.1) is 6.42 Å². The van der Waals surface area contributed by atoms with Gasteiger partial charge in [0, 0.05) is 12.3 Å². The molecule has 0 heterocycles.